The topological polar surface area (TPSA) is 46.5 Å². The molecule has 0 aromatic carbocycles. The lowest BCUT2D eigenvalue weighted by molar-refractivity contribution is -0.138. The van der Waals surface area contributed by atoms with Crippen molar-refractivity contribution < 1.29 is 14.6 Å². The molecule has 0 aromatic heterocycles. The number of aliphatic hydroxyl groups is 1. The van der Waals surface area contributed by atoms with E-state index in [0.29, 0.717) is 17.9 Å². The van der Waals surface area contributed by atoms with E-state index in [1.54, 1.807) is 13.8 Å². The Kier molecular flexibility index (Phi) is 5.84. The van der Waals surface area contributed by atoms with Crippen molar-refractivity contribution in [2.75, 3.05) is 12.4 Å². The van der Waals surface area contributed by atoms with Crippen LogP contribution in [-0.2, 0) is 9.53 Å². The van der Waals surface area contributed by atoms with Gasteiger partial charge in [-0.3, -0.25) is 0 Å². The molecule has 0 aromatic rings. The highest BCUT2D eigenvalue weighted by Gasteiger charge is 2.02. The number of esters is 1. The molecule has 1 unspecified atom stereocenters. The van der Waals surface area contributed by atoms with Crippen molar-refractivity contribution in [3.8, 4) is 0 Å². The Bertz CT molecular complexity index is 166. The van der Waals surface area contributed by atoms with Gasteiger partial charge in [-0.15, -0.1) is 11.8 Å². The second-order valence-corrected chi connectivity index (χ2v) is 3.81. The van der Waals surface area contributed by atoms with Gasteiger partial charge >= 0.3 is 5.97 Å². The minimum atomic E-state index is -0.409. The maximum atomic E-state index is 10.8. The SMILES string of the molecule is C=C(C)C(=O)OCCSC(C)O. The molecule has 0 aliphatic heterocycles. The molecule has 70 valence electrons. The van der Waals surface area contributed by atoms with E-state index >= 15 is 0 Å². The standard InChI is InChI=1S/C8H14O3S/c1-6(2)8(10)11-4-5-12-7(3)9/h7,9H,1,4-5H2,2-3H3. The van der Waals surface area contributed by atoms with Crippen LogP contribution in [-0.4, -0.2) is 28.9 Å². The first-order chi connectivity index (χ1) is 5.54. The van der Waals surface area contributed by atoms with E-state index in [2.05, 4.69) is 6.58 Å². The third kappa shape index (κ3) is 6.24. The number of carbonyl (C=O) groups excluding carboxylic acids is 1. The molecule has 0 aliphatic rings. The highest BCUT2D eigenvalue weighted by Crippen LogP contribution is 2.06. The average Bonchev–Trinajstić information content (AvgIpc) is 1.97. The minimum absolute atomic E-state index is 0.321. The van der Waals surface area contributed by atoms with Crippen LogP contribution in [0.1, 0.15) is 13.8 Å². The van der Waals surface area contributed by atoms with Crippen LogP contribution in [0, 0.1) is 0 Å². The number of hydrogen-bond acceptors (Lipinski definition) is 4. The average molecular weight is 190 g/mol. The fraction of sp³-hybridized carbons (Fsp3) is 0.625. The van der Waals surface area contributed by atoms with E-state index in [1.165, 1.54) is 11.8 Å². The van der Waals surface area contributed by atoms with Gasteiger partial charge < -0.3 is 9.84 Å². The first-order valence-corrected chi connectivity index (χ1v) is 4.71. The van der Waals surface area contributed by atoms with Gasteiger partial charge in [0.25, 0.3) is 0 Å². The predicted molar refractivity (Wildman–Crippen MR) is 49.9 cm³/mol. The monoisotopic (exact) mass is 190 g/mol. The summed E-state index contributed by atoms with van der Waals surface area (Å²) in [6.45, 7) is 7.03. The van der Waals surface area contributed by atoms with E-state index in [0.717, 1.165) is 0 Å². The summed E-state index contributed by atoms with van der Waals surface area (Å²) in [7, 11) is 0. The van der Waals surface area contributed by atoms with Gasteiger partial charge in [-0.25, -0.2) is 4.79 Å². The lowest BCUT2D eigenvalue weighted by Gasteiger charge is -2.05. The number of ether oxygens (including phenoxy) is 1. The summed E-state index contributed by atoms with van der Waals surface area (Å²) in [5.74, 6) is 0.234. The van der Waals surface area contributed by atoms with Crippen molar-refractivity contribution in [1.29, 1.82) is 0 Å². The predicted octanol–water partition coefficient (Wildman–Crippen LogP) is 1.18. The Morgan fingerprint density at radius 1 is 1.75 bits per heavy atom. The van der Waals surface area contributed by atoms with Crippen LogP contribution in [0.3, 0.4) is 0 Å². The Morgan fingerprint density at radius 3 is 2.75 bits per heavy atom. The smallest absolute Gasteiger partial charge is 0.333 e. The van der Waals surface area contributed by atoms with E-state index in [1.807, 2.05) is 0 Å². The van der Waals surface area contributed by atoms with E-state index in [9.17, 15) is 4.79 Å². The van der Waals surface area contributed by atoms with Crippen molar-refractivity contribution in [3.05, 3.63) is 12.2 Å². The molecule has 1 atom stereocenters. The number of rotatable bonds is 5. The van der Waals surface area contributed by atoms with Crippen LogP contribution in [0.25, 0.3) is 0 Å². The van der Waals surface area contributed by atoms with Crippen LogP contribution < -0.4 is 0 Å². The lowest BCUT2D eigenvalue weighted by Crippen LogP contribution is -2.08. The Balaban J connectivity index is 3.32. The first-order valence-electron chi connectivity index (χ1n) is 3.66. The van der Waals surface area contributed by atoms with Crippen molar-refractivity contribution >= 4 is 17.7 Å². The fourth-order valence-electron chi connectivity index (χ4n) is 0.476. The fourth-order valence-corrected chi connectivity index (χ4v) is 0.997. The van der Waals surface area contributed by atoms with E-state index < -0.39 is 5.44 Å². The summed E-state index contributed by atoms with van der Waals surface area (Å²) in [4.78, 5) is 10.8. The van der Waals surface area contributed by atoms with Gasteiger partial charge in [-0.05, 0) is 13.8 Å². The van der Waals surface area contributed by atoms with Crippen molar-refractivity contribution in [1.82, 2.24) is 0 Å². The molecule has 0 saturated carbocycles. The molecule has 1 N–H and O–H groups in total. The molecule has 0 fully saturated rings. The highest BCUT2D eigenvalue weighted by atomic mass is 32.2. The minimum Gasteiger partial charge on any atom is -0.461 e. The Labute approximate surface area is 76.8 Å². The Hall–Kier alpha value is -0.480. The summed E-state index contributed by atoms with van der Waals surface area (Å²) in [6, 6.07) is 0. The van der Waals surface area contributed by atoms with Gasteiger partial charge in [-0.2, -0.15) is 0 Å². The quantitative estimate of drug-likeness (QED) is 0.306. The number of hydrogen-bond donors (Lipinski definition) is 1. The number of carbonyl (C=O) groups is 1. The van der Waals surface area contributed by atoms with Gasteiger partial charge in [0.05, 0.1) is 5.44 Å². The van der Waals surface area contributed by atoms with E-state index in [-0.39, 0.29) is 5.97 Å². The second kappa shape index (κ2) is 6.08. The van der Waals surface area contributed by atoms with Gasteiger partial charge in [0.1, 0.15) is 6.61 Å². The number of thioether (sulfide) groups is 1. The molecule has 0 saturated heterocycles. The van der Waals surface area contributed by atoms with Crippen molar-refractivity contribution in [2.24, 2.45) is 0 Å². The largest absolute Gasteiger partial charge is 0.461 e. The normalized spacial score (nSPS) is 12.2. The second-order valence-electron chi connectivity index (χ2n) is 2.39. The number of aliphatic hydroxyl groups excluding tert-OH is 1. The maximum absolute atomic E-state index is 10.8. The van der Waals surface area contributed by atoms with Crippen molar-refractivity contribution in [2.45, 2.75) is 19.3 Å². The van der Waals surface area contributed by atoms with Gasteiger partial charge in [0.15, 0.2) is 0 Å². The molecule has 0 heterocycles. The van der Waals surface area contributed by atoms with Gasteiger partial charge in [0.2, 0.25) is 0 Å². The first kappa shape index (κ1) is 11.5. The molecule has 0 bridgehead atoms. The molecule has 0 rings (SSSR count). The van der Waals surface area contributed by atoms with Crippen LogP contribution in [0.15, 0.2) is 12.2 Å². The maximum Gasteiger partial charge on any atom is 0.333 e. The highest BCUT2D eigenvalue weighted by molar-refractivity contribution is 7.99. The summed E-state index contributed by atoms with van der Waals surface area (Å²) in [6.07, 6.45) is 0. The van der Waals surface area contributed by atoms with Crippen LogP contribution in [0.5, 0.6) is 0 Å². The van der Waals surface area contributed by atoms with Crippen LogP contribution in [0.2, 0.25) is 0 Å². The van der Waals surface area contributed by atoms with Crippen LogP contribution in [0.4, 0.5) is 0 Å². The van der Waals surface area contributed by atoms with Gasteiger partial charge in [0, 0.05) is 11.3 Å². The van der Waals surface area contributed by atoms with Gasteiger partial charge in [-0.1, -0.05) is 6.58 Å². The van der Waals surface area contributed by atoms with Crippen LogP contribution >= 0.6 is 11.8 Å². The zero-order valence-electron chi connectivity index (χ0n) is 7.37. The third-order valence-electron chi connectivity index (χ3n) is 1.02. The molecular formula is C8H14O3S. The lowest BCUT2D eigenvalue weighted by atomic mass is 10.4. The molecule has 3 nitrogen and oxygen atoms in total. The zero-order valence-corrected chi connectivity index (χ0v) is 8.19. The molecular weight excluding hydrogens is 176 g/mol. The Morgan fingerprint density at radius 2 is 2.33 bits per heavy atom. The zero-order chi connectivity index (χ0) is 9.56. The molecule has 4 heteroatoms. The summed E-state index contributed by atoms with van der Waals surface area (Å²) in [5.41, 5.74) is -0.00872. The molecule has 0 aliphatic carbocycles. The summed E-state index contributed by atoms with van der Waals surface area (Å²) < 4.78 is 4.78. The van der Waals surface area contributed by atoms with E-state index in [4.69, 9.17) is 9.84 Å². The molecule has 0 amide bonds. The summed E-state index contributed by atoms with van der Waals surface area (Å²) >= 11 is 1.33. The third-order valence-corrected chi connectivity index (χ3v) is 1.91. The van der Waals surface area contributed by atoms with Crippen molar-refractivity contribution in [3.63, 3.8) is 0 Å². The molecule has 12 heavy (non-hydrogen) atoms. The molecule has 0 radical (unpaired) electrons. The molecule has 0 spiro atoms. The summed E-state index contributed by atoms with van der Waals surface area (Å²) in [5, 5.41) is 8.83.